The van der Waals surface area contributed by atoms with Crippen molar-refractivity contribution in [3.8, 4) is 17.9 Å². The zero-order valence-corrected chi connectivity index (χ0v) is 15.5. The highest BCUT2D eigenvalue weighted by Crippen LogP contribution is 2.30. The maximum atomic E-state index is 9.11. The van der Waals surface area contributed by atoms with Crippen LogP contribution in [0.4, 0.5) is 5.69 Å². The Morgan fingerprint density at radius 1 is 1.17 bits per heavy atom. The quantitative estimate of drug-likeness (QED) is 0.669. The van der Waals surface area contributed by atoms with E-state index >= 15 is 0 Å². The molecule has 0 saturated heterocycles. The molecule has 2 heteroatoms. The van der Waals surface area contributed by atoms with Crippen molar-refractivity contribution < 1.29 is 0 Å². The van der Waals surface area contributed by atoms with E-state index in [2.05, 4.69) is 54.9 Å². The highest BCUT2D eigenvalue weighted by Gasteiger charge is 2.19. The normalized spacial score (nSPS) is 13.7. The highest BCUT2D eigenvalue weighted by molar-refractivity contribution is 5.62. The molecule has 0 bridgehead atoms. The van der Waals surface area contributed by atoms with Crippen LogP contribution >= 0.6 is 0 Å². The number of rotatable bonds is 1. The summed E-state index contributed by atoms with van der Waals surface area (Å²) in [5.41, 5.74) is 3.17. The Balaban J connectivity index is 0.00000127. The van der Waals surface area contributed by atoms with Crippen LogP contribution in [0.1, 0.15) is 65.5 Å². The van der Waals surface area contributed by atoms with Crippen LogP contribution in [-0.4, -0.2) is 12.6 Å². The van der Waals surface area contributed by atoms with E-state index in [0.717, 1.165) is 18.5 Å². The minimum atomic E-state index is -0.592. The second-order valence-electron chi connectivity index (χ2n) is 6.53. The fourth-order valence-corrected chi connectivity index (χ4v) is 2.72. The lowest BCUT2D eigenvalue weighted by Gasteiger charge is -2.29. The van der Waals surface area contributed by atoms with Crippen molar-refractivity contribution in [2.45, 2.75) is 66.8 Å². The van der Waals surface area contributed by atoms with Gasteiger partial charge in [-0.2, -0.15) is 5.26 Å². The fraction of sp³-hybridized carbons (Fsp3) is 0.571. The Hall–Kier alpha value is -1.93. The van der Waals surface area contributed by atoms with Gasteiger partial charge in [0.05, 0.1) is 6.07 Å². The largest absolute Gasteiger partial charge is 0.369 e. The third-order valence-electron chi connectivity index (χ3n) is 3.95. The molecule has 0 N–H and O–H groups in total. The summed E-state index contributed by atoms with van der Waals surface area (Å²) in [6.07, 6.45) is 3.51. The molecule has 0 spiro atoms. The summed E-state index contributed by atoms with van der Waals surface area (Å²) in [6, 6.07) is 9.13. The molecule has 1 aromatic carbocycles. The van der Waals surface area contributed by atoms with Crippen molar-refractivity contribution >= 4 is 5.69 Å². The Kier molecular flexibility index (Phi) is 7.18. The van der Waals surface area contributed by atoms with Crippen molar-refractivity contribution in [2.75, 3.05) is 11.4 Å². The predicted octanol–water partition coefficient (Wildman–Crippen LogP) is 5.17. The zero-order valence-electron chi connectivity index (χ0n) is 15.5. The van der Waals surface area contributed by atoms with E-state index in [4.69, 9.17) is 5.26 Å². The van der Waals surface area contributed by atoms with Crippen LogP contribution < -0.4 is 4.90 Å². The Morgan fingerprint density at radius 2 is 1.87 bits per heavy atom. The van der Waals surface area contributed by atoms with Gasteiger partial charge in [0.25, 0.3) is 0 Å². The molecule has 0 amide bonds. The summed E-state index contributed by atoms with van der Waals surface area (Å²) in [6.45, 7) is 13.3. The second kappa shape index (κ2) is 8.64. The van der Waals surface area contributed by atoms with E-state index in [-0.39, 0.29) is 0 Å². The average molecular weight is 310 g/mol. The molecule has 0 aliphatic carbocycles. The van der Waals surface area contributed by atoms with Gasteiger partial charge in [-0.25, -0.2) is 0 Å². The van der Waals surface area contributed by atoms with Crippen LogP contribution in [0.3, 0.4) is 0 Å². The van der Waals surface area contributed by atoms with Crippen LogP contribution in [0.25, 0.3) is 0 Å². The number of fused-ring (bicyclic) bond motifs is 1. The summed E-state index contributed by atoms with van der Waals surface area (Å²) in [7, 11) is 0. The number of hydrogen-bond donors (Lipinski definition) is 0. The zero-order chi connectivity index (χ0) is 17.5. The standard InChI is InChI=1S/C19H24N2.C2H6/c1-15(2)21-13-6-5-9-17-16(8-7-10-18(17)21)11-12-19(3,4)14-20;1-2/h7-8,10,15H,5-6,9,13H2,1-4H3;1-2H3. The third-order valence-corrected chi connectivity index (χ3v) is 3.95. The molecule has 124 valence electrons. The van der Waals surface area contributed by atoms with Gasteiger partial charge in [0.1, 0.15) is 5.41 Å². The Bertz CT molecular complexity index is 609. The smallest absolute Gasteiger partial charge is 0.112 e. The SMILES string of the molecule is CC.CC(C)N1CCCCc2c(C#CC(C)(C)C#N)cccc21. The molecule has 0 unspecified atom stereocenters. The van der Waals surface area contributed by atoms with E-state index in [9.17, 15) is 0 Å². The molecule has 0 aromatic heterocycles. The van der Waals surface area contributed by atoms with Crippen LogP contribution in [0.15, 0.2) is 18.2 Å². The lowest BCUT2D eigenvalue weighted by Crippen LogP contribution is -2.31. The van der Waals surface area contributed by atoms with E-state index in [1.54, 1.807) is 0 Å². The molecule has 0 fully saturated rings. The van der Waals surface area contributed by atoms with Gasteiger partial charge in [-0.15, -0.1) is 0 Å². The van der Waals surface area contributed by atoms with E-state index in [1.807, 2.05) is 27.7 Å². The molecule has 0 radical (unpaired) electrons. The van der Waals surface area contributed by atoms with E-state index < -0.39 is 5.41 Å². The van der Waals surface area contributed by atoms with E-state index in [0.29, 0.717) is 6.04 Å². The summed E-state index contributed by atoms with van der Waals surface area (Å²) in [5.74, 6) is 6.36. The molecule has 0 atom stereocenters. The Morgan fingerprint density at radius 3 is 2.48 bits per heavy atom. The average Bonchev–Trinajstić information content (AvgIpc) is 2.77. The minimum absolute atomic E-state index is 0.501. The lowest BCUT2D eigenvalue weighted by atomic mass is 9.95. The number of benzene rings is 1. The molecule has 1 heterocycles. The fourth-order valence-electron chi connectivity index (χ4n) is 2.72. The van der Waals surface area contributed by atoms with Crippen LogP contribution in [0.5, 0.6) is 0 Å². The van der Waals surface area contributed by atoms with Crippen molar-refractivity contribution in [1.29, 1.82) is 5.26 Å². The van der Waals surface area contributed by atoms with Crippen molar-refractivity contribution in [3.63, 3.8) is 0 Å². The molecule has 1 aliphatic heterocycles. The van der Waals surface area contributed by atoms with Gasteiger partial charge in [0.15, 0.2) is 0 Å². The first kappa shape index (κ1) is 19.1. The van der Waals surface area contributed by atoms with Gasteiger partial charge in [0.2, 0.25) is 0 Å². The molecule has 1 aliphatic rings. The van der Waals surface area contributed by atoms with Crippen LogP contribution in [-0.2, 0) is 6.42 Å². The van der Waals surface area contributed by atoms with Crippen molar-refractivity contribution in [2.24, 2.45) is 5.41 Å². The molecule has 2 nitrogen and oxygen atoms in total. The number of nitriles is 1. The summed E-state index contributed by atoms with van der Waals surface area (Å²) < 4.78 is 0. The lowest BCUT2D eigenvalue weighted by molar-refractivity contribution is 0.652. The first-order chi connectivity index (χ1) is 10.9. The minimum Gasteiger partial charge on any atom is -0.369 e. The number of anilines is 1. The van der Waals surface area contributed by atoms with Gasteiger partial charge in [0, 0.05) is 23.8 Å². The van der Waals surface area contributed by atoms with Crippen molar-refractivity contribution in [3.05, 3.63) is 29.3 Å². The third kappa shape index (κ3) is 5.04. The molecule has 0 saturated carbocycles. The van der Waals surface area contributed by atoms with Gasteiger partial charge >= 0.3 is 0 Å². The predicted molar refractivity (Wildman–Crippen MR) is 99.5 cm³/mol. The molecule has 2 rings (SSSR count). The monoisotopic (exact) mass is 310 g/mol. The van der Waals surface area contributed by atoms with Crippen LogP contribution in [0.2, 0.25) is 0 Å². The molecular formula is C21H30N2. The Labute approximate surface area is 142 Å². The summed E-state index contributed by atoms with van der Waals surface area (Å²) in [5, 5.41) is 9.11. The first-order valence-electron chi connectivity index (χ1n) is 8.77. The second-order valence-corrected chi connectivity index (χ2v) is 6.53. The maximum Gasteiger partial charge on any atom is 0.112 e. The van der Waals surface area contributed by atoms with Gasteiger partial charge in [-0.1, -0.05) is 31.8 Å². The van der Waals surface area contributed by atoms with Gasteiger partial charge in [-0.05, 0) is 64.7 Å². The highest BCUT2D eigenvalue weighted by atomic mass is 15.2. The molecular weight excluding hydrogens is 280 g/mol. The summed E-state index contributed by atoms with van der Waals surface area (Å²) in [4.78, 5) is 2.48. The molecule has 1 aromatic rings. The topological polar surface area (TPSA) is 27.0 Å². The summed E-state index contributed by atoms with van der Waals surface area (Å²) >= 11 is 0. The van der Waals surface area contributed by atoms with Crippen molar-refractivity contribution in [1.82, 2.24) is 0 Å². The number of nitrogens with zero attached hydrogens (tertiary/aromatic N) is 2. The van der Waals surface area contributed by atoms with Gasteiger partial charge in [-0.3, -0.25) is 0 Å². The number of hydrogen-bond acceptors (Lipinski definition) is 2. The first-order valence-corrected chi connectivity index (χ1v) is 8.77. The van der Waals surface area contributed by atoms with E-state index in [1.165, 1.54) is 24.1 Å². The van der Waals surface area contributed by atoms with Crippen LogP contribution in [0, 0.1) is 28.6 Å². The van der Waals surface area contributed by atoms with Gasteiger partial charge < -0.3 is 4.90 Å². The maximum absolute atomic E-state index is 9.11. The molecule has 23 heavy (non-hydrogen) atoms.